The Labute approximate surface area is 73.2 Å². The van der Waals surface area contributed by atoms with Gasteiger partial charge in [0.1, 0.15) is 0 Å². The largest absolute Gasteiger partial charge is 0.330 e. The second-order valence-electron chi connectivity index (χ2n) is 3.41. The first-order chi connectivity index (χ1) is 5.52. The van der Waals surface area contributed by atoms with Crippen LogP contribution in [0.2, 0.25) is 0 Å². The molecule has 0 aromatic heterocycles. The molecule has 0 aromatic rings. The highest BCUT2D eigenvalue weighted by Crippen LogP contribution is 2.49. The second-order valence-corrected chi connectivity index (χ2v) is 5.89. The predicted octanol–water partition coefficient (Wildman–Crippen LogP) is -0.903. The maximum atomic E-state index is 11.4. The lowest BCUT2D eigenvalue weighted by Gasteiger charge is -2.10. The molecule has 0 saturated heterocycles. The van der Waals surface area contributed by atoms with Crippen molar-refractivity contribution in [1.29, 1.82) is 0 Å². The molecule has 0 spiro atoms. The minimum Gasteiger partial charge on any atom is -0.330 e. The molecule has 0 heterocycles. The topological polar surface area (TPSA) is 86.2 Å². The van der Waals surface area contributed by atoms with E-state index in [9.17, 15) is 8.42 Å². The van der Waals surface area contributed by atoms with Gasteiger partial charge in [-0.2, -0.15) is 0 Å². The van der Waals surface area contributed by atoms with E-state index < -0.39 is 9.84 Å². The fraction of sp³-hybridized carbons (Fsp3) is 1.00. The SMILES string of the molecule is CCS(=O)(=O)[C@@H]1CC1(CN)CN. The van der Waals surface area contributed by atoms with Crippen molar-refractivity contribution in [3.63, 3.8) is 0 Å². The minimum absolute atomic E-state index is 0.194. The van der Waals surface area contributed by atoms with Crippen molar-refractivity contribution in [2.24, 2.45) is 16.9 Å². The van der Waals surface area contributed by atoms with Crippen LogP contribution in [0.4, 0.5) is 0 Å². The Balaban J connectivity index is 2.74. The summed E-state index contributed by atoms with van der Waals surface area (Å²) in [6.45, 7) is 2.42. The average Bonchev–Trinajstić information content (AvgIpc) is 2.80. The van der Waals surface area contributed by atoms with E-state index in [1.807, 2.05) is 0 Å². The Kier molecular flexibility index (Phi) is 2.47. The summed E-state index contributed by atoms with van der Waals surface area (Å²) >= 11 is 0. The molecule has 1 saturated carbocycles. The number of nitrogens with two attached hydrogens (primary N) is 2. The molecule has 1 aliphatic rings. The van der Waals surface area contributed by atoms with E-state index in [0.29, 0.717) is 19.5 Å². The quantitative estimate of drug-likeness (QED) is 0.604. The van der Waals surface area contributed by atoms with E-state index in [4.69, 9.17) is 11.5 Å². The highest BCUT2D eigenvalue weighted by molar-refractivity contribution is 7.92. The van der Waals surface area contributed by atoms with Gasteiger partial charge in [0.15, 0.2) is 9.84 Å². The van der Waals surface area contributed by atoms with Gasteiger partial charge in [0.05, 0.1) is 5.25 Å². The molecule has 72 valence electrons. The smallest absolute Gasteiger partial charge is 0.153 e. The van der Waals surface area contributed by atoms with Crippen molar-refractivity contribution in [2.75, 3.05) is 18.8 Å². The lowest BCUT2D eigenvalue weighted by molar-refractivity contribution is 0.526. The van der Waals surface area contributed by atoms with E-state index in [1.165, 1.54) is 0 Å². The molecule has 4 nitrogen and oxygen atoms in total. The van der Waals surface area contributed by atoms with Crippen LogP contribution in [-0.2, 0) is 9.84 Å². The van der Waals surface area contributed by atoms with Gasteiger partial charge in [-0.1, -0.05) is 6.92 Å². The monoisotopic (exact) mass is 192 g/mol. The number of sulfone groups is 1. The Morgan fingerprint density at radius 3 is 2.17 bits per heavy atom. The lowest BCUT2D eigenvalue weighted by Crippen LogP contribution is -2.31. The highest BCUT2D eigenvalue weighted by Gasteiger charge is 2.58. The van der Waals surface area contributed by atoms with Crippen molar-refractivity contribution in [3.05, 3.63) is 0 Å². The molecular weight excluding hydrogens is 176 g/mol. The summed E-state index contributed by atoms with van der Waals surface area (Å²) < 4.78 is 22.8. The van der Waals surface area contributed by atoms with Crippen molar-refractivity contribution in [1.82, 2.24) is 0 Å². The predicted molar refractivity (Wildman–Crippen MR) is 48.4 cm³/mol. The fourth-order valence-electron chi connectivity index (χ4n) is 1.53. The maximum Gasteiger partial charge on any atom is 0.153 e. The molecule has 1 fully saturated rings. The van der Waals surface area contributed by atoms with E-state index in [2.05, 4.69) is 0 Å². The third-order valence-electron chi connectivity index (χ3n) is 2.76. The average molecular weight is 192 g/mol. The van der Waals surface area contributed by atoms with Crippen LogP contribution in [0.15, 0.2) is 0 Å². The summed E-state index contributed by atoms with van der Waals surface area (Å²) in [5, 5.41) is -0.273. The Bertz CT molecular complexity index is 257. The van der Waals surface area contributed by atoms with Gasteiger partial charge in [-0.25, -0.2) is 8.42 Å². The first-order valence-corrected chi connectivity index (χ1v) is 5.85. The van der Waals surface area contributed by atoms with Crippen LogP contribution in [0.5, 0.6) is 0 Å². The molecule has 0 aromatic carbocycles. The third-order valence-corrected chi connectivity index (χ3v) is 5.10. The number of hydrogen-bond donors (Lipinski definition) is 2. The second kappa shape index (κ2) is 2.97. The van der Waals surface area contributed by atoms with Crippen LogP contribution in [-0.4, -0.2) is 32.5 Å². The molecule has 1 atom stereocenters. The normalized spacial score (nSPS) is 27.1. The van der Waals surface area contributed by atoms with Crippen LogP contribution < -0.4 is 11.5 Å². The van der Waals surface area contributed by atoms with Crippen molar-refractivity contribution in [2.45, 2.75) is 18.6 Å². The number of rotatable bonds is 4. The molecule has 0 aliphatic heterocycles. The van der Waals surface area contributed by atoms with Gasteiger partial charge < -0.3 is 11.5 Å². The zero-order chi connectivity index (χ0) is 9.41. The molecule has 0 bridgehead atoms. The summed E-state index contributed by atoms with van der Waals surface area (Å²) in [6, 6.07) is 0. The van der Waals surface area contributed by atoms with Crippen LogP contribution in [0.1, 0.15) is 13.3 Å². The molecule has 4 N–H and O–H groups in total. The molecule has 0 unspecified atom stereocenters. The van der Waals surface area contributed by atoms with E-state index in [0.717, 1.165) is 0 Å². The van der Waals surface area contributed by atoms with Crippen LogP contribution in [0, 0.1) is 5.41 Å². The number of hydrogen-bond acceptors (Lipinski definition) is 4. The minimum atomic E-state index is -2.92. The summed E-state index contributed by atoms with van der Waals surface area (Å²) in [6.07, 6.45) is 0.649. The molecule has 0 amide bonds. The third kappa shape index (κ3) is 1.36. The van der Waals surface area contributed by atoms with Crippen LogP contribution in [0.3, 0.4) is 0 Å². The molecule has 12 heavy (non-hydrogen) atoms. The van der Waals surface area contributed by atoms with Crippen LogP contribution >= 0.6 is 0 Å². The molecule has 5 heteroatoms. The van der Waals surface area contributed by atoms with Gasteiger partial charge in [0.25, 0.3) is 0 Å². The molecule has 1 aliphatic carbocycles. The van der Waals surface area contributed by atoms with Gasteiger partial charge >= 0.3 is 0 Å². The van der Waals surface area contributed by atoms with Gasteiger partial charge in [0.2, 0.25) is 0 Å². The van der Waals surface area contributed by atoms with Crippen molar-refractivity contribution in [3.8, 4) is 0 Å². The van der Waals surface area contributed by atoms with Gasteiger partial charge in [-0.3, -0.25) is 0 Å². The van der Waals surface area contributed by atoms with E-state index >= 15 is 0 Å². The van der Waals surface area contributed by atoms with Gasteiger partial charge in [-0.15, -0.1) is 0 Å². The standard InChI is InChI=1S/C7H16N2O2S/c1-2-12(10,11)6-3-7(6,4-8)5-9/h6H,2-5,8-9H2,1H3/t6-/m1/s1. The van der Waals surface area contributed by atoms with Crippen LogP contribution in [0.25, 0.3) is 0 Å². The Morgan fingerprint density at radius 1 is 1.42 bits per heavy atom. The summed E-state index contributed by atoms with van der Waals surface area (Å²) in [7, 11) is -2.92. The Morgan fingerprint density at radius 2 is 1.92 bits per heavy atom. The van der Waals surface area contributed by atoms with Gasteiger partial charge in [0, 0.05) is 24.3 Å². The lowest BCUT2D eigenvalue weighted by atomic mass is 10.1. The zero-order valence-electron chi connectivity index (χ0n) is 7.29. The first-order valence-electron chi connectivity index (χ1n) is 4.14. The molecular formula is C7H16N2O2S. The summed E-state index contributed by atoms with van der Waals surface area (Å²) in [5.41, 5.74) is 10.7. The summed E-state index contributed by atoms with van der Waals surface area (Å²) in [4.78, 5) is 0. The fourth-order valence-corrected chi connectivity index (χ4v) is 3.47. The highest BCUT2D eigenvalue weighted by atomic mass is 32.2. The summed E-state index contributed by atoms with van der Waals surface area (Å²) in [5.74, 6) is 0.194. The first kappa shape index (κ1) is 9.95. The van der Waals surface area contributed by atoms with Gasteiger partial charge in [-0.05, 0) is 6.42 Å². The van der Waals surface area contributed by atoms with Crippen molar-refractivity contribution >= 4 is 9.84 Å². The van der Waals surface area contributed by atoms with Crippen molar-refractivity contribution < 1.29 is 8.42 Å². The van der Waals surface area contributed by atoms with E-state index in [1.54, 1.807) is 6.92 Å². The molecule has 0 radical (unpaired) electrons. The van der Waals surface area contributed by atoms with E-state index in [-0.39, 0.29) is 16.4 Å². The zero-order valence-corrected chi connectivity index (χ0v) is 8.10. The maximum absolute atomic E-state index is 11.4. The molecule has 1 rings (SSSR count). The Hall–Kier alpha value is -0.130.